The molecule has 1 aromatic rings. The van der Waals surface area contributed by atoms with Crippen molar-refractivity contribution in [3.8, 4) is 0 Å². The molecular weight excluding hydrogens is 231 g/mol. The van der Waals surface area contributed by atoms with E-state index in [1.807, 2.05) is 13.8 Å². The minimum absolute atomic E-state index is 0.00926. The zero-order chi connectivity index (χ0) is 12.3. The van der Waals surface area contributed by atoms with E-state index in [0.717, 1.165) is 6.08 Å². The summed E-state index contributed by atoms with van der Waals surface area (Å²) < 4.78 is 13.6. The minimum atomic E-state index is -1.08. The van der Waals surface area contributed by atoms with Crippen LogP contribution in [0.4, 0.5) is 4.39 Å². The third-order valence-electron chi connectivity index (χ3n) is 2.10. The van der Waals surface area contributed by atoms with Crippen molar-refractivity contribution in [1.82, 2.24) is 0 Å². The van der Waals surface area contributed by atoms with Gasteiger partial charge in [-0.25, -0.2) is 9.18 Å². The molecule has 0 radical (unpaired) electrons. The van der Waals surface area contributed by atoms with E-state index in [9.17, 15) is 9.18 Å². The third kappa shape index (κ3) is 3.07. The molecule has 1 aromatic carbocycles. The monoisotopic (exact) mass is 242 g/mol. The van der Waals surface area contributed by atoms with E-state index in [2.05, 4.69) is 0 Å². The lowest BCUT2D eigenvalue weighted by Gasteiger charge is -2.10. The van der Waals surface area contributed by atoms with Gasteiger partial charge in [0.15, 0.2) is 0 Å². The maximum Gasteiger partial charge on any atom is 0.328 e. The van der Waals surface area contributed by atoms with Crippen LogP contribution in [0.2, 0.25) is 5.02 Å². The molecule has 16 heavy (non-hydrogen) atoms. The van der Waals surface area contributed by atoms with Crippen LogP contribution in [0.25, 0.3) is 6.08 Å². The standard InChI is InChI=1S/C12H12ClFO2/c1-7(2)12-9(13)5-8(6-10(12)14)3-4-11(15)16/h3-7H,1-2H3,(H,15,16)/b4-3+. The Kier molecular flexibility index (Phi) is 4.07. The van der Waals surface area contributed by atoms with E-state index in [1.165, 1.54) is 12.1 Å². The van der Waals surface area contributed by atoms with Crippen LogP contribution in [0.15, 0.2) is 18.2 Å². The maximum absolute atomic E-state index is 13.6. The van der Waals surface area contributed by atoms with E-state index in [0.29, 0.717) is 16.1 Å². The second kappa shape index (κ2) is 5.12. The minimum Gasteiger partial charge on any atom is -0.478 e. The van der Waals surface area contributed by atoms with Gasteiger partial charge in [0.1, 0.15) is 5.82 Å². The fourth-order valence-corrected chi connectivity index (χ4v) is 1.85. The Bertz CT molecular complexity index is 416. The Morgan fingerprint density at radius 2 is 2.12 bits per heavy atom. The summed E-state index contributed by atoms with van der Waals surface area (Å²) in [6.45, 7) is 3.69. The fraction of sp³-hybridized carbons (Fsp3) is 0.250. The second-order valence-electron chi connectivity index (χ2n) is 3.72. The molecule has 0 atom stereocenters. The van der Waals surface area contributed by atoms with Gasteiger partial charge in [-0.1, -0.05) is 25.4 Å². The van der Waals surface area contributed by atoms with Crippen LogP contribution in [-0.2, 0) is 4.79 Å². The van der Waals surface area contributed by atoms with Gasteiger partial charge < -0.3 is 5.11 Å². The normalized spacial score (nSPS) is 11.3. The van der Waals surface area contributed by atoms with Gasteiger partial charge in [0.25, 0.3) is 0 Å². The number of benzene rings is 1. The quantitative estimate of drug-likeness (QED) is 0.821. The first-order valence-electron chi connectivity index (χ1n) is 4.81. The van der Waals surface area contributed by atoms with Crippen molar-refractivity contribution in [2.75, 3.05) is 0 Å². The van der Waals surface area contributed by atoms with Crippen LogP contribution < -0.4 is 0 Å². The van der Waals surface area contributed by atoms with E-state index >= 15 is 0 Å². The molecule has 4 heteroatoms. The molecule has 0 bridgehead atoms. The lowest BCUT2D eigenvalue weighted by molar-refractivity contribution is -0.131. The second-order valence-corrected chi connectivity index (χ2v) is 4.13. The first-order chi connectivity index (χ1) is 7.41. The van der Waals surface area contributed by atoms with Crippen molar-refractivity contribution in [2.24, 2.45) is 0 Å². The van der Waals surface area contributed by atoms with Gasteiger partial charge in [-0.15, -0.1) is 0 Å². The Balaban J connectivity index is 3.14. The van der Waals surface area contributed by atoms with Crippen LogP contribution in [-0.4, -0.2) is 11.1 Å². The summed E-state index contributed by atoms with van der Waals surface area (Å²) in [7, 11) is 0. The average molecular weight is 243 g/mol. The summed E-state index contributed by atoms with van der Waals surface area (Å²) in [5, 5.41) is 8.76. The van der Waals surface area contributed by atoms with Crippen molar-refractivity contribution >= 4 is 23.6 Å². The van der Waals surface area contributed by atoms with Gasteiger partial charge in [0, 0.05) is 16.7 Å². The van der Waals surface area contributed by atoms with E-state index in [1.54, 1.807) is 6.07 Å². The predicted octanol–water partition coefficient (Wildman–Crippen LogP) is 3.70. The molecule has 0 aliphatic rings. The van der Waals surface area contributed by atoms with Crippen molar-refractivity contribution in [1.29, 1.82) is 0 Å². The van der Waals surface area contributed by atoms with Gasteiger partial charge >= 0.3 is 5.97 Å². The lowest BCUT2D eigenvalue weighted by atomic mass is 10.0. The summed E-state index contributed by atoms with van der Waals surface area (Å²) in [5.74, 6) is -1.50. The molecule has 0 unspecified atom stereocenters. The molecule has 0 heterocycles. The summed E-state index contributed by atoms with van der Waals surface area (Å²) in [6.07, 6.45) is 2.25. The summed E-state index contributed by atoms with van der Waals surface area (Å²) in [5.41, 5.74) is 0.892. The Morgan fingerprint density at radius 3 is 2.56 bits per heavy atom. The topological polar surface area (TPSA) is 37.3 Å². The Hall–Kier alpha value is -1.35. The van der Waals surface area contributed by atoms with Crippen LogP contribution in [0, 0.1) is 5.82 Å². The molecule has 0 saturated heterocycles. The van der Waals surface area contributed by atoms with Crippen molar-refractivity contribution in [3.05, 3.63) is 40.2 Å². The highest BCUT2D eigenvalue weighted by atomic mass is 35.5. The number of halogens is 2. The number of carboxylic acid groups (broad SMARTS) is 1. The molecule has 0 fully saturated rings. The van der Waals surface area contributed by atoms with Gasteiger partial charge in [-0.3, -0.25) is 0 Å². The molecule has 0 spiro atoms. The molecule has 0 aliphatic heterocycles. The summed E-state index contributed by atoms with van der Waals surface area (Å²) in [6, 6.07) is 2.83. The number of aliphatic carboxylic acids is 1. The van der Waals surface area contributed by atoms with Gasteiger partial charge in [-0.05, 0) is 29.7 Å². The molecular formula is C12H12ClFO2. The number of rotatable bonds is 3. The molecule has 0 aromatic heterocycles. The molecule has 0 aliphatic carbocycles. The van der Waals surface area contributed by atoms with Gasteiger partial charge in [-0.2, -0.15) is 0 Å². The molecule has 1 rings (SSSR count). The predicted molar refractivity (Wildman–Crippen MR) is 62.2 cm³/mol. The maximum atomic E-state index is 13.6. The van der Waals surface area contributed by atoms with Gasteiger partial charge in [0.05, 0.1) is 0 Å². The molecule has 0 amide bonds. The average Bonchev–Trinajstić information content (AvgIpc) is 2.12. The van der Waals surface area contributed by atoms with Crippen LogP contribution in [0.3, 0.4) is 0 Å². The highest BCUT2D eigenvalue weighted by Gasteiger charge is 2.12. The van der Waals surface area contributed by atoms with Crippen molar-refractivity contribution in [3.63, 3.8) is 0 Å². The number of carbonyl (C=O) groups is 1. The molecule has 0 saturated carbocycles. The first kappa shape index (κ1) is 12.7. The first-order valence-corrected chi connectivity index (χ1v) is 5.19. The van der Waals surface area contributed by atoms with E-state index in [4.69, 9.17) is 16.7 Å². The van der Waals surface area contributed by atoms with E-state index < -0.39 is 11.8 Å². The molecule has 86 valence electrons. The smallest absolute Gasteiger partial charge is 0.328 e. The van der Waals surface area contributed by atoms with Crippen LogP contribution in [0.5, 0.6) is 0 Å². The van der Waals surface area contributed by atoms with Crippen LogP contribution >= 0.6 is 11.6 Å². The number of hydrogen-bond donors (Lipinski definition) is 1. The highest BCUT2D eigenvalue weighted by molar-refractivity contribution is 6.31. The SMILES string of the molecule is CC(C)c1c(F)cc(/C=C/C(=O)O)cc1Cl. The third-order valence-corrected chi connectivity index (χ3v) is 2.41. The molecule has 1 N–H and O–H groups in total. The fourth-order valence-electron chi connectivity index (χ4n) is 1.42. The lowest BCUT2D eigenvalue weighted by Crippen LogP contribution is -1.95. The Morgan fingerprint density at radius 1 is 1.50 bits per heavy atom. The largest absolute Gasteiger partial charge is 0.478 e. The summed E-state index contributed by atoms with van der Waals surface area (Å²) in [4.78, 5) is 10.3. The van der Waals surface area contributed by atoms with E-state index in [-0.39, 0.29) is 5.92 Å². The Labute approximate surface area is 98.4 Å². The number of carboxylic acids is 1. The van der Waals surface area contributed by atoms with Crippen molar-refractivity contribution < 1.29 is 14.3 Å². The molecule has 2 nitrogen and oxygen atoms in total. The number of hydrogen-bond acceptors (Lipinski definition) is 1. The zero-order valence-electron chi connectivity index (χ0n) is 9.00. The van der Waals surface area contributed by atoms with Gasteiger partial charge in [0.2, 0.25) is 0 Å². The van der Waals surface area contributed by atoms with Crippen molar-refractivity contribution in [2.45, 2.75) is 19.8 Å². The summed E-state index contributed by atoms with van der Waals surface area (Å²) >= 11 is 5.92. The highest BCUT2D eigenvalue weighted by Crippen LogP contribution is 2.28. The zero-order valence-corrected chi connectivity index (χ0v) is 9.75. The van der Waals surface area contributed by atoms with Crippen LogP contribution in [0.1, 0.15) is 30.9 Å².